The summed E-state index contributed by atoms with van der Waals surface area (Å²) in [6.45, 7) is 2.45. The zero-order chi connectivity index (χ0) is 24.9. The van der Waals surface area contributed by atoms with E-state index in [0.717, 1.165) is 41.3 Å². The van der Waals surface area contributed by atoms with Crippen LogP contribution in [-0.4, -0.2) is 43.3 Å². The number of rotatable bonds is 7. The van der Waals surface area contributed by atoms with Crippen molar-refractivity contribution in [3.63, 3.8) is 0 Å². The first kappa shape index (κ1) is 24.0. The van der Waals surface area contributed by atoms with Gasteiger partial charge in [0.15, 0.2) is 5.17 Å². The van der Waals surface area contributed by atoms with Gasteiger partial charge < -0.3 is 14.4 Å². The van der Waals surface area contributed by atoms with E-state index in [0.29, 0.717) is 22.4 Å². The molecule has 0 aromatic heterocycles. The van der Waals surface area contributed by atoms with Crippen LogP contribution in [0, 0.1) is 0 Å². The molecule has 7 heteroatoms. The summed E-state index contributed by atoms with van der Waals surface area (Å²) in [5.74, 6) is 1.41. The van der Waals surface area contributed by atoms with Gasteiger partial charge in [-0.15, -0.1) is 0 Å². The number of methoxy groups -OCH3 is 2. The predicted molar refractivity (Wildman–Crippen MR) is 147 cm³/mol. The number of aliphatic imine (C=N–C) groups is 1. The number of hydrogen-bond donors (Lipinski definition) is 0. The van der Waals surface area contributed by atoms with Gasteiger partial charge in [0.2, 0.25) is 0 Å². The summed E-state index contributed by atoms with van der Waals surface area (Å²) in [5.41, 5.74) is 3.68. The fraction of sp³-hybridized carbons (Fsp3) is 0.241. The average Bonchev–Trinajstić information content (AvgIpc) is 3.55. The van der Waals surface area contributed by atoms with E-state index < -0.39 is 0 Å². The lowest BCUT2D eigenvalue weighted by molar-refractivity contribution is -0.122. The molecule has 2 fully saturated rings. The quantitative estimate of drug-likeness (QED) is 0.367. The van der Waals surface area contributed by atoms with Crippen LogP contribution >= 0.6 is 11.8 Å². The Bertz CT molecular complexity index is 1290. The number of carbonyl (C=O) groups is 1. The summed E-state index contributed by atoms with van der Waals surface area (Å²) in [6.07, 6.45) is 4.22. The maximum atomic E-state index is 13.6. The molecule has 5 rings (SSSR count). The summed E-state index contributed by atoms with van der Waals surface area (Å²) in [7, 11) is 3.34. The first-order valence-corrected chi connectivity index (χ1v) is 12.9. The van der Waals surface area contributed by atoms with E-state index in [2.05, 4.69) is 4.90 Å². The van der Waals surface area contributed by atoms with Crippen LogP contribution < -0.4 is 14.4 Å². The number of ether oxygens (including phenoxy) is 2. The Hall–Kier alpha value is -3.71. The topological polar surface area (TPSA) is 54.4 Å². The Balaban J connectivity index is 1.52. The van der Waals surface area contributed by atoms with Crippen molar-refractivity contribution in [3.8, 4) is 11.5 Å². The van der Waals surface area contributed by atoms with Gasteiger partial charge in [0.05, 0.1) is 37.0 Å². The summed E-state index contributed by atoms with van der Waals surface area (Å²) in [4.78, 5) is 23.1. The number of para-hydroxylation sites is 1. The van der Waals surface area contributed by atoms with E-state index in [9.17, 15) is 4.79 Å². The van der Waals surface area contributed by atoms with Gasteiger partial charge in [-0.25, -0.2) is 4.99 Å². The number of amides is 1. The van der Waals surface area contributed by atoms with Gasteiger partial charge in [-0.2, -0.15) is 0 Å². The molecule has 0 saturated carbocycles. The minimum absolute atomic E-state index is 0.0804. The van der Waals surface area contributed by atoms with Crippen molar-refractivity contribution >= 4 is 40.3 Å². The van der Waals surface area contributed by atoms with E-state index >= 15 is 0 Å². The van der Waals surface area contributed by atoms with Crippen molar-refractivity contribution in [2.24, 2.45) is 4.99 Å². The second-order valence-electron chi connectivity index (χ2n) is 8.68. The van der Waals surface area contributed by atoms with E-state index in [1.165, 1.54) is 24.6 Å². The zero-order valence-corrected chi connectivity index (χ0v) is 21.3. The molecule has 2 aliphatic rings. The summed E-state index contributed by atoms with van der Waals surface area (Å²) < 4.78 is 11.5. The molecule has 2 saturated heterocycles. The number of carbonyl (C=O) groups excluding carboxylic acids is 1. The maximum Gasteiger partial charge on any atom is 0.267 e. The van der Waals surface area contributed by atoms with Gasteiger partial charge in [0, 0.05) is 24.7 Å². The Morgan fingerprint density at radius 2 is 1.58 bits per heavy atom. The van der Waals surface area contributed by atoms with Crippen molar-refractivity contribution in [2.75, 3.05) is 32.2 Å². The molecule has 36 heavy (non-hydrogen) atoms. The highest BCUT2D eigenvalue weighted by Gasteiger charge is 2.34. The van der Waals surface area contributed by atoms with Crippen LogP contribution in [0.25, 0.3) is 6.08 Å². The minimum Gasteiger partial charge on any atom is -0.496 e. The summed E-state index contributed by atoms with van der Waals surface area (Å²) in [6, 6.07) is 23.7. The van der Waals surface area contributed by atoms with Crippen LogP contribution in [-0.2, 0) is 11.3 Å². The molecule has 0 atom stereocenters. The maximum absolute atomic E-state index is 13.6. The lowest BCUT2D eigenvalue weighted by Gasteiger charge is -2.22. The fourth-order valence-electron chi connectivity index (χ4n) is 4.47. The van der Waals surface area contributed by atoms with Crippen LogP contribution in [0.1, 0.15) is 24.0 Å². The Kier molecular flexibility index (Phi) is 7.28. The number of benzene rings is 3. The van der Waals surface area contributed by atoms with E-state index in [-0.39, 0.29) is 5.91 Å². The molecule has 0 spiro atoms. The highest BCUT2D eigenvalue weighted by molar-refractivity contribution is 8.18. The molecule has 0 bridgehead atoms. The molecular formula is C29H29N3O3S. The van der Waals surface area contributed by atoms with Crippen molar-refractivity contribution in [2.45, 2.75) is 19.4 Å². The first-order valence-electron chi connectivity index (χ1n) is 12.1. The smallest absolute Gasteiger partial charge is 0.267 e. The van der Waals surface area contributed by atoms with E-state index in [1.54, 1.807) is 19.1 Å². The monoisotopic (exact) mass is 499 g/mol. The lowest BCUT2D eigenvalue weighted by atomic mass is 10.1. The van der Waals surface area contributed by atoms with Gasteiger partial charge in [-0.1, -0.05) is 48.5 Å². The molecule has 3 aromatic carbocycles. The molecule has 184 valence electrons. The number of anilines is 1. The fourth-order valence-corrected chi connectivity index (χ4v) is 5.46. The minimum atomic E-state index is -0.0804. The number of nitrogens with zero attached hydrogens (tertiary/aromatic N) is 3. The van der Waals surface area contributed by atoms with Gasteiger partial charge in [0.1, 0.15) is 11.5 Å². The SMILES string of the molecule is COc1cc(N2CCCC2)c(OC)cc1/C=C1\SC(=Nc2ccccc2)N(Cc2ccccc2)C1=O. The standard InChI is InChI=1S/C29H29N3O3S/c1-34-25-19-24(31-15-9-10-16-31)26(35-2)17-22(25)18-27-28(33)32(20-21-11-5-3-6-12-21)29(36-27)30-23-13-7-4-8-14-23/h3-8,11-14,17-19H,9-10,15-16,20H2,1-2H3/b27-18-,30-29?. The van der Waals surface area contributed by atoms with Crippen molar-refractivity contribution < 1.29 is 14.3 Å². The third-order valence-electron chi connectivity index (χ3n) is 6.32. The van der Waals surface area contributed by atoms with Gasteiger partial charge in [0.25, 0.3) is 5.91 Å². The number of amidine groups is 1. The van der Waals surface area contributed by atoms with Gasteiger partial charge >= 0.3 is 0 Å². The molecular weight excluding hydrogens is 470 g/mol. The van der Waals surface area contributed by atoms with Crippen LogP contribution in [0.2, 0.25) is 0 Å². The van der Waals surface area contributed by atoms with Crippen LogP contribution in [0.5, 0.6) is 11.5 Å². The van der Waals surface area contributed by atoms with Crippen LogP contribution in [0.4, 0.5) is 11.4 Å². The molecule has 2 aliphatic heterocycles. The third-order valence-corrected chi connectivity index (χ3v) is 7.32. The second-order valence-corrected chi connectivity index (χ2v) is 9.69. The molecule has 2 heterocycles. The summed E-state index contributed by atoms with van der Waals surface area (Å²) >= 11 is 1.38. The van der Waals surface area contributed by atoms with Crippen LogP contribution in [0.3, 0.4) is 0 Å². The summed E-state index contributed by atoms with van der Waals surface area (Å²) in [5, 5.41) is 0.654. The van der Waals surface area contributed by atoms with Gasteiger partial charge in [-0.3, -0.25) is 9.69 Å². The highest BCUT2D eigenvalue weighted by Crippen LogP contribution is 2.41. The molecule has 1 amide bonds. The Labute approximate surface area is 216 Å². The van der Waals surface area contributed by atoms with Crippen molar-refractivity contribution in [1.29, 1.82) is 0 Å². The van der Waals surface area contributed by atoms with E-state index in [4.69, 9.17) is 14.5 Å². The largest absolute Gasteiger partial charge is 0.496 e. The Morgan fingerprint density at radius 1 is 0.917 bits per heavy atom. The Morgan fingerprint density at radius 3 is 2.25 bits per heavy atom. The highest BCUT2D eigenvalue weighted by atomic mass is 32.2. The van der Waals surface area contributed by atoms with Crippen molar-refractivity contribution in [1.82, 2.24) is 4.90 Å². The molecule has 0 N–H and O–H groups in total. The number of thioether (sulfide) groups is 1. The van der Waals surface area contributed by atoms with Crippen molar-refractivity contribution in [3.05, 3.63) is 88.8 Å². The zero-order valence-electron chi connectivity index (χ0n) is 20.5. The predicted octanol–water partition coefficient (Wildman–Crippen LogP) is 6.11. The van der Waals surface area contributed by atoms with Gasteiger partial charge in [-0.05, 0) is 54.4 Å². The first-order chi connectivity index (χ1) is 17.7. The normalized spacial score (nSPS) is 17.9. The third kappa shape index (κ3) is 5.11. The van der Waals surface area contributed by atoms with E-state index in [1.807, 2.05) is 78.9 Å². The molecule has 0 aliphatic carbocycles. The molecule has 0 radical (unpaired) electrons. The molecule has 3 aromatic rings. The average molecular weight is 500 g/mol. The van der Waals surface area contributed by atoms with Crippen LogP contribution in [0.15, 0.2) is 82.7 Å². The second kappa shape index (κ2) is 10.9. The lowest BCUT2D eigenvalue weighted by Crippen LogP contribution is -2.28. The number of hydrogen-bond acceptors (Lipinski definition) is 6. The molecule has 6 nitrogen and oxygen atoms in total. The molecule has 0 unspecified atom stereocenters.